The number of rotatable bonds is 6. The highest BCUT2D eigenvalue weighted by Gasteiger charge is 2.59. The molecule has 172 valence electrons. The third-order valence-corrected chi connectivity index (χ3v) is 11.3. The van der Waals surface area contributed by atoms with Crippen LogP contribution in [0.4, 0.5) is 0 Å². The van der Waals surface area contributed by atoms with Crippen molar-refractivity contribution in [1.29, 1.82) is 0 Å². The molecular formula is C29H50O. The van der Waals surface area contributed by atoms with E-state index in [9.17, 15) is 5.11 Å². The van der Waals surface area contributed by atoms with Gasteiger partial charge in [-0.15, -0.1) is 0 Å². The molecule has 0 amide bonds. The first kappa shape index (κ1) is 22.9. The van der Waals surface area contributed by atoms with Gasteiger partial charge in [-0.25, -0.2) is 0 Å². The molecule has 1 heteroatoms. The van der Waals surface area contributed by atoms with Crippen LogP contribution in [0.15, 0.2) is 11.6 Å². The van der Waals surface area contributed by atoms with E-state index in [1.165, 1.54) is 57.8 Å². The summed E-state index contributed by atoms with van der Waals surface area (Å²) < 4.78 is 0. The third-order valence-electron chi connectivity index (χ3n) is 11.3. The molecule has 4 aliphatic rings. The molecule has 4 aliphatic carbocycles. The van der Waals surface area contributed by atoms with Crippen LogP contribution in [0.25, 0.3) is 0 Å². The van der Waals surface area contributed by atoms with E-state index < -0.39 is 0 Å². The molecular weight excluding hydrogens is 364 g/mol. The summed E-state index contributed by atoms with van der Waals surface area (Å²) in [5, 5.41) is 10.2. The van der Waals surface area contributed by atoms with Crippen molar-refractivity contribution in [1.82, 2.24) is 0 Å². The van der Waals surface area contributed by atoms with Crippen LogP contribution in [0.3, 0.4) is 0 Å². The summed E-state index contributed by atoms with van der Waals surface area (Å²) >= 11 is 0. The Labute approximate surface area is 187 Å². The van der Waals surface area contributed by atoms with Gasteiger partial charge < -0.3 is 5.11 Å². The van der Waals surface area contributed by atoms with Crippen LogP contribution < -0.4 is 0 Å². The van der Waals surface area contributed by atoms with E-state index in [4.69, 9.17) is 0 Å². The molecule has 6 unspecified atom stereocenters. The SMILES string of the molecule is CC[C@@H](CC[C@@H](C)C1CCC2C3CC=C4C[C@@H](O)CCC4(C)C3CCC21C)C(C)C. The predicted molar refractivity (Wildman–Crippen MR) is 128 cm³/mol. The fourth-order valence-corrected chi connectivity index (χ4v) is 9.30. The van der Waals surface area contributed by atoms with Crippen LogP contribution in [-0.2, 0) is 0 Å². The van der Waals surface area contributed by atoms with Crippen molar-refractivity contribution in [2.75, 3.05) is 0 Å². The Morgan fingerprint density at radius 3 is 2.47 bits per heavy atom. The summed E-state index contributed by atoms with van der Waals surface area (Å²) in [6.45, 7) is 15.1. The number of aliphatic hydroxyl groups excluding tert-OH is 1. The normalized spacial score (nSPS) is 45.3. The van der Waals surface area contributed by atoms with Gasteiger partial charge in [0, 0.05) is 0 Å². The number of hydrogen-bond donors (Lipinski definition) is 1. The minimum absolute atomic E-state index is 0.0794. The zero-order valence-corrected chi connectivity index (χ0v) is 20.9. The van der Waals surface area contributed by atoms with Crippen molar-refractivity contribution in [3.8, 4) is 0 Å². The second kappa shape index (κ2) is 8.57. The number of fused-ring (bicyclic) bond motifs is 5. The van der Waals surface area contributed by atoms with Crippen molar-refractivity contribution in [3.63, 3.8) is 0 Å². The summed E-state index contributed by atoms with van der Waals surface area (Å²) in [4.78, 5) is 0. The molecule has 0 heterocycles. The molecule has 1 nitrogen and oxygen atoms in total. The Bertz CT molecular complexity index is 634. The van der Waals surface area contributed by atoms with Gasteiger partial charge in [-0.1, -0.05) is 66.0 Å². The van der Waals surface area contributed by atoms with Crippen LogP contribution in [0.1, 0.15) is 112 Å². The molecule has 9 atom stereocenters. The van der Waals surface area contributed by atoms with Crippen LogP contribution in [0.5, 0.6) is 0 Å². The van der Waals surface area contributed by atoms with Gasteiger partial charge in [0.15, 0.2) is 0 Å². The monoisotopic (exact) mass is 414 g/mol. The maximum absolute atomic E-state index is 10.2. The lowest BCUT2D eigenvalue weighted by molar-refractivity contribution is -0.0575. The van der Waals surface area contributed by atoms with E-state index in [-0.39, 0.29) is 6.10 Å². The first-order valence-electron chi connectivity index (χ1n) is 13.6. The van der Waals surface area contributed by atoms with Gasteiger partial charge in [0.2, 0.25) is 0 Å². The standard InChI is InChI=1S/C29H50O/c1-7-21(19(2)3)9-8-20(4)25-12-13-26-24-11-10-22-18-23(30)14-16-28(22,5)27(24)15-17-29(25,26)6/h10,19-21,23-27,30H,7-9,11-18H2,1-6H3/t20-,21+,23+,24?,25?,26?,27?,28?,29?/m1/s1. The lowest BCUT2D eigenvalue weighted by atomic mass is 9.47. The highest BCUT2D eigenvalue weighted by molar-refractivity contribution is 5.25. The molecule has 0 radical (unpaired) electrons. The first-order chi connectivity index (χ1) is 14.2. The highest BCUT2D eigenvalue weighted by atomic mass is 16.3. The van der Waals surface area contributed by atoms with Crippen molar-refractivity contribution in [2.24, 2.45) is 52.3 Å². The van der Waals surface area contributed by atoms with Gasteiger partial charge >= 0.3 is 0 Å². The van der Waals surface area contributed by atoms with Gasteiger partial charge in [0.25, 0.3) is 0 Å². The molecule has 4 rings (SSSR count). The molecule has 0 aromatic rings. The highest BCUT2D eigenvalue weighted by Crippen LogP contribution is 2.67. The molecule has 1 N–H and O–H groups in total. The topological polar surface area (TPSA) is 20.2 Å². The van der Waals surface area contributed by atoms with Crippen molar-refractivity contribution < 1.29 is 5.11 Å². The smallest absolute Gasteiger partial charge is 0.0577 e. The van der Waals surface area contributed by atoms with Crippen LogP contribution in [-0.4, -0.2) is 11.2 Å². The molecule has 30 heavy (non-hydrogen) atoms. The van der Waals surface area contributed by atoms with Gasteiger partial charge in [0.05, 0.1) is 6.10 Å². The lowest BCUT2D eigenvalue weighted by Gasteiger charge is -2.58. The van der Waals surface area contributed by atoms with Crippen LogP contribution in [0.2, 0.25) is 0 Å². The third kappa shape index (κ3) is 3.74. The predicted octanol–water partition coefficient (Wildman–Crippen LogP) is 8.02. The van der Waals surface area contributed by atoms with E-state index in [0.29, 0.717) is 10.8 Å². The second-order valence-corrected chi connectivity index (χ2v) is 12.9. The summed E-state index contributed by atoms with van der Waals surface area (Å²) in [6.07, 6.45) is 17.1. The lowest BCUT2D eigenvalue weighted by Crippen LogP contribution is -2.50. The van der Waals surface area contributed by atoms with E-state index >= 15 is 0 Å². The van der Waals surface area contributed by atoms with E-state index in [1.54, 1.807) is 5.57 Å². The summed E-state index contributed by atoms with van der Waals surface area (Å²) in [7, 11) is 0. The number of aliphatic hydroxyl groups is 1. The number of hydrogen-bond acceptors (Lipinski definition) is 1. The average molecular weight is 415 g/mol. The zero-order valence-electron chi connectivity index (χ0n) is 20.9. The van der Waals surface area contributed by atoms with Crippen LogP contribution >= 0.6 is 0 Å². The second-order valence-electron chi connectivity index (χ2n) is 12.9. The molecule has 0 spiro atoms. The van der Waals surface area contributed by atoms with Crippen molar-refractivity contribution >= 4 is 0 Å². The zero-order chi connectivity index (χ0) is 21.7. The van der Waals surface area contributed by atoms with Gasteiger partial charge in [-0.3, -0.25) is 0 Å². The Morgan fingerprint density at radius 1 is 1.00 bits per heavy atom. The fourth-order valence-electron chi connectivity index (χ4n) is 9.30. The molecule has 3 saturated carbocycles. The minimum Gasteiger partial charge on any atom is -0.393 e. The summed E-state index contributed by atoms with van der Waals surface area (Å²) in [5.41, 5.74) is 2.59. The largest absolute Gasteiger partial charge is 0.393 e. The van der Waals surface area contributed by atoms with Gasteiger partial charge in [0.1, 0.15) is 0 Å². The first-order valence-corrected chi connectivity index (χ1v) is 13.6. The molecule has 0 aromatic carbocycles. The van der Waals surface area contributed by atoms with E-state index in [2.05, 4.69) is 47.6 Å². The Morgan fingerprint density at radius 2 is 1.77 bits per heavy atom. The maximum Gasteiger partial charge on any atom is 0.0577 e. The van der Waals surface area contributed by atoms with Crippen molar-refractivity contribution in [3.05, 3.63) is 11.6 Å². The fraction of sp³-hybridized carbons (Fsp3) is 0.931. The molecule has 0 aromatic heterocycles. The minimum atomic E-state index is -0.0794. The Hall–Kier alpha value is -0.300. The molecule has 0 aliphatic heterocycles. The number of allylic oxidation sites excluding steroid dienone is 1. The quantitative estimate of drug-likeness (QED) is 0.436. The van der Waals surface area contributed by atoms with E-state index in [1.807, 2.05) is 0 Å². The van der Waals surface area contributed by atoms with Crippen molar-refractivity contribution in [2.45, 2.75) is 118 Å². The average Bonchev–Trinajstić information content (AvgIpc) is 3.06. The van der Waals surface area contributed by atoms with Gasteiger partial charge in [-0.2, -0.15) is 0 Å². The summed E-state index contributed by atoms with van der Waals surface area (Å²) in [5.74, 6) is 6.31. The molecule has 0 saturated heterocycles. The van der Waals surface area contributed by atoms with Gasteiger partial charge in [-0.05, 0) is 110 Å². The Kier molecular flexibility index (Phi) is 6.53. The molecule has 0 bridgehead atoms. The maximum atomic E-state index is 10.2. The summed E-state index contributed by atoms with van der Waals surface area (Å²) in [6, 6.07) is 0. The van der Waals surface area contributed by atoms with E-state index in [0.717, 1.165) is 54.3 Å². The van der Waals surface area contributed by atoms with Crippen LogP contribution in [0, 0.1) is 52.3 Å². The Balaban J connectivity index is 1.47. The molecule has 3 fully saturated rings.